The number of aliphatic carboxylic acids is 1. The summed E-state index contributed by atoms with van der Waals surface area (Å²) in [6.07, 6.45) is 1.06. The first-order valence-corrected chi connectivity index (χ1v) is 8.12. The van der Waals surface area contributed by atoms with E-state index in [4.69, 9.17) is 19.3 Å². The molecule has 7 heteroatoms. The number of amides is 1. The van der Waals surface area contributed by atoms with Gasteiger partial charge in [0.2, 0.25) is 0 Å². The zero-order chi connectivity index (χ0) is 16.9. The highest BCUT2D eigenvalue weighted by molar-refractivity contribution is 5.97. The number of carboxylic acid groups (broad SMARTS) is 1. The van der Waals surface area contributed by atoms with Gasteiger partial charge in [0, 0.05) is 13.2 Å². The number of hydrogen-bond donors (Lipinski definition) is 1. The second-order valence-electron chi connectivity index (χ2n) is 5.89. The number of para-hydroxylation sites is 1. The van der Waals surface area contributed by atoms with E-state index in [9.17, 15) is 9.59 Å². The molecule has 0 aliphatic carbocycles. The van der Waals surface area contributed by atoms with Crippen LogP contribution in [-0.2, 0) is 14.3 Å². The molecule has 0 bridgehead atoms. The van der Waals surface area contributed by atoms with Gasteiger partial charge >= 0.3 is 5.97 Å². The molecule has 0 spiro atoms. The van der Waals surface area contributed by atoms with Crippen LogP contribution in [-0.4, -0.2) is 67.0 Å². The second kappa shape index (κ2) is 7.63. The van der Waals surface area contributed by atoms with Gasteiger partial charge in [-0.15, -0.1) is 0 Å². The fourth-order valence-corrected chi connectivity index (χ4v) is 2.88. The van der Waals surface area contributed by atoms with Gasteiger partial charge < -0.3 is 24.2 Å². The van der Waals surface area contributed by atoms with Gasteiger partial charge in [-0.05, 0) is 25.0 Å². The van der Waals surface area contributed by atoms with Crippen molar-refractivity contribution in [3.8, 4) is 5.75 Å². The van der Waals surface area contributed by atoms with Gasteiger partial charge in [-0.3, -0.25) is 4.79 Å². The maximum absolute atomic E-state index is 12.8. The standard InChI is InChI=1S/C17H21NO6/c19-16(18-7-9-23-15(10-18)17(20)21)13-5-1-2-6-14(13)24-11-12-4-3-8-22-12/h1-2,5-6,12,15H,3-4,7-11H2,(H,20,21)/t12-,15+/m0/s1. The quantitative estimate of drug-likeness (QED) is 0.869. The summed E-state index contributed by atoms with van der Waals surface area (Å²) in [5, 5.41) is 9.07. The second-order valence-corrected chi connectivity index (χ2v) is 5.89. The van der Waals surface area contributed by atoms with Crippen LogP contribution in [0, 0.1) is 0 Å². The average molecular weight is 335 g/mol. The molecule has 1 aromatic carbocycles. The smallest absolute Gasteiger partial charge is 0.334 e. The van der Waals surface area contributed by atoms with Gasteiger partial charge in [-0.25, -0.2) is 4.79 Å². The van der Waals surface area contributed by atoms with Crippen LogP contribution >= 0.6 is 0 Å². The van der Waals surface area contributed by atoms with Crippen molar-refractivity contribution in [1.29, 1.82) is 0 Å². The van der Waals surface area contributed by atoms with E-state index in [1.807, 2.05) is 0 Å². The first kappa shape index (κ1) is 16.7. The summed E-state index contributed by atoms with van der Waals surface area (Å²) in [6, 6.07) is 7.01. The molecule has 1 N–H and O–H groups in total. The molecule has 7 nitrogen and oxygen atoms in total. The predicted molar refractivity (Wildman–Crippen MR) is 84.2 cm³/mol. The molecule has 1 amide bonds. The fraction of sp³-hybridized carbons (Fsp3) is 0.529. The summed E-state index contributed by atoms with van der Waals surface area (Å²) in [7, 11) is 0. The van der Waals surface area contributed by atoms with E-state index in [1.54, 1.807) is 24.3 Å². The highest BCUT2D eigenvalue weighted by Crippen LogP contribution is 2.23. The van der Waals surface area contributed by atoms with Gasteiger partial charge in [0.25, 0.3) is 5.91 Å². The van der Waals surface area contributed by atoms with Crippen molar-refractivity contribution in [3.05, 3.63) is 29.8 Å². The lowest BCUT2D eigenvalue weighted by atomic mass is 10.1. The molecule has 130 valence electrons. The Labute approximate surface area is 140 Å². The summed E-state index contributed by atoms with van der Waals surface area (Å²) in [6.45, 7) is 1.77. The first-order chi connectivity index (χ1) is 11.6. The van der Waals surface area contributed by atoms with E-state index < -0.39 is 12.1 Å². The molecule has 0 unspecified atom stereocenters. The highest BCUT2D eigenvalue weighted by Gasteiger charge is 2.30. The molecule has 0 radical (unpaired) electrons. The molecule has 2 atom stereocenters. The third-order valence-electron chi connectivity index (χ3n) is 4.20. The molecule has 2 heterocycles. The van der Waals surface area contributed by atoms with Crippen LogP contribution < -0.4 is 4.74 Å². The number of carboxylic acids is 1. The lowest BCUT2D eigenvalue weighted by Crippen LogP contribution is -2.48. The highest BCUT2D eigenvalue weighted by atomic mass is 16.5. The summed E-state index contributed by atoms with van der Waals surface area (Å²) in [4.78, 5) is 25.3. The van der Waals surface area contributed by atoms with Crippen LogP contribution in [0.2, 0.25) is 0 Å². The molecule has 0 aromatic heterocycles. The van der Waals surface area contributed by atoms with Crippen molar-refractivity contribution in [2.24, 2.45) is 0 Å². The maximum Gasteiger partial charge on any atom is 0.334 e. The summed E-state index contributed by atoms with van der Waals surface area (Å²) in [5.41, 5.74) is 0.432. The third-order valence-corrected chi connectivity index (χ3v) is 4.20. The zero-order valence-electron chi connectivity index (χ0n) is 13.3. The van der Waals surface area contributed by atoms with E-state index in [0.717, 1.165) is 19.4 Å². The minimum Gasteiger partial charge on any atom is -0.490 e. The lowest BCUT2D eigenvalue weighted by molar-refractivity contribution is -0.154. The number of nitrogens with zero attached hydrogens (tertiary/aromatic N) is 1. The summed E-state index contributed by atoms with van der Waals surface area (Å²) in [5.74, 6) is -0.806. The monoisotopic (exact) mass is 335 g/mol. The molecule has 2 fully saturated rings. The van der Waals surface area contributed by atoms with Crippen LogP contribution in [0.3, 0.4) is 0 Å². The molecule has 3 rings (SSSR count). The van der Waals surface area contributed by atoms with Crippen LogP contribution in [0.5, 0.6) is 5.75 Å². The molecule has 2 aliphatic heterocycles. The van der Waals surface area contributed by atoms with Crippen molar-refractivity contribution in [2.45, 2.75) is 25.0 Å². The van der Waals surface area contributed by atoms with Gasteiger partial charge in [-0.2, -0.15) is 0 Å². The number of rotatable bonds is 5. The minimum absolute atomic E-state index is 0.0359. The Morgan fingerprint density at radius 2 is 2.08 bits per heavy atom. The Morgan fingerprint density at radius 3 is 2.83 bits per heavy atom. The van der Waals surface area contributed by atoms with Gasteiger partial charge in [0.05, 0.1) is 24.8 Å². The predicted octanol–water partition coefficient (Wildman–Crippen LogP) is 1.17. The maximum atomic E-state index is 12.8. The van der Waals surface area contributed by atoms with Crippen molar-refractivity contribution >= 4 is 11.9 Å². The first-order valence-electron chi connectivity index (χ1n) is 8.12. The van der Waals surface area contributed by atoms with Crippen LogP contribution in [0.25, 0.3) is 0 Å². The number of ether oxygens (including phenoxy) is 3. The van der Waals surface area contributed by atoms with E-state index in [-0.39, 0.29) is 25.2 Å². The zero-order valence-corrected chi connectivity index (χ0v) is 13.3. The van der Waals surface area contributed by atoms with Gasteiger partial charge in [-0.1, -0.05) is 12.1 Å². The summed E-state index contributed by atoms with van der Waals surface area (Å²) < 4.78 is 16.5. The van der Waals surface area contributed by atoms with Gasteiger partial charge in [0.1, 0.15) is 12.4 Å². The van der Waals surface area contributed by atoms with E-state index in [2.05, 4.69) is 0 Å². The normalized spacial score (nSPS) is 23.9. The van der Waals surface area contributed by atoms with Crippen LogP contribution in [0.4, 0.5) is 0 Å². The number of hydrogen-bond acceptors (Lipinski definition) is 5. The summed E-state index contributed by atoms with van der Waals surface area (Å²) >= 11 is 0. The SMILES string of the molecule is O=C(O)[C@H]1CN(C(=O)c2ccccc2OC[C@@H]2CCCO2)CCO1. The molecular formula is C17H21NO6. The molecule has 2 aliphatic rings. The van der Waals surface area contributed by atoms with E-state index in [0.29, 0.717) is 24.5 Å². The number of morpholine rings is 1. The molecule has 0 saturated carbocycles. The van der Waals surface area contributed by atoms with Crippen LogP contribution in [0.15, 0.2) is 24.3 Å². The molecule has 24 heavy (non-hydrogen) atoms. The van der Waals surface area contributed by atoms with Crippen molar-refractivity contribution in [3.63, 3.8) is 0 Å². The van der Waals surface area contributed by atoms with Crippen LogP contribution in [0.1, 0.15) is 23.2 Å². The number of carbonyl (C=O) groups is 2. The Hall–Kier alpha value is -2.12. The third kappa shape index (κ3) is 3.85. The molecule has 2 saturated heterocycles. The van der Waals surface area contributed by atoms with Crippen molar-refractivity contribution in [1.82, 2.24) is 4.90 Å². The number of carbonyl (C=O) groups excluding carboxylic acids is 1. The largest absolute Gasteiger partial charge is 0.490 e. The van der Waals surface area contributed by atoms with Crippen molar-refractivity contribution < 1.29 is 28.9 Å². The Morgan fingerprint density at radius 1 is 1.25 bits per heavy atom. The fourth-order valence-electron chi connectivity index (χ4n) is 2.88. The van der Waals surface area contributed by atoms with Gasteiger partial charge in [0.15, 0.2) is 6.10 Å². The Bertz CT molecular complexity index is 598. The lowest BCUT2D eigenvalue weighted by Gasteiger charge is -2.31. The Balaban J connectivity index is 1.68. The average Bonchev–Trinajstić information content (AvgIpc) is 3.13. The van der Waals surface area contributed by atoms with E-state index >= 15 is 0 Å². The topological polar surface area (TPSA) is 85.3 Å². The number of benzene rings is 1. The Kier molecular flexibility index (Phi) is 5.32. The van der Waals surface area contributed by atoms with E-state index in [1.165, 1.54) is 4.90 Å². The van der Waals surface area contributed by atoms with Crippen molar-refractivity contribution in [2.75, 3.05) is 32.9 Å². The minimum atomic E-state index is -1.06. The molecular weight excluding hydrogens is 314 g/mol. The molecule has 1 aromatic rings.